The quantitative estimate of drug-likeness (QED) is 0.622. The van der Waals surface area contributed by atoms with Crippen molar-refractivity contribution >= 4 is 39.3 Å². The van der Waals surface area contributed by atoms with Crippen LogP contribution in [0.4, 0.5) is 5.82 Å². The molecule has 1 aromatic rings. The smallest absolute Gasteiger partial charge is 0.239 e. The monoisotopic (exact) mass is 336 g/mol. The molecule has 1 aromatic heterocycles. The Morgan fingerprint density at radius 2 is 2.39 bits per heavy atom. The van der Waals surface area contributed by atoms with Crippen LogP contribution in [-0.4, -0.2) is 49.7 Å². The van der Waals surface area contributed by atoms with E-state index in [9.17, 15) is 4.79 Å². The molecule has 0 saturated carbocycles. The van der Waals surface area contributed by atoms with Crippen LogP contribution in [-0.2, 0) is 9.53 Å². The van der Waals surface area contributed by atoms with Gasteiger partial charge in [0.25, 0.3) is 0 Å². The van der Waals surface area contributed by atoms with Gasteiger partial charge in [-0.3, -0.25) is 4.79 Å². The lowest BCUT2D eigenvalue weighted by atomic mass is 10.4. The summed E-state index contributed by atoms with van der Waals surface area (Å²) >= 11 is 9.02. The molecule has 6 nitrogen and oxygen atoms in total. The molecule has 1 heterocycles. The van der Waals surface area contributed by atoms with Crippen LogP contribution < -0.4 is 10.2 Å². The zero-order valence-corrected chi connectivity index (χ0v) is 12.5. The Morgan fingerprint density at radius 1 is 1.67 bits per heavy atom. The molecule has 0 aliphatic heterocycles. The molecular weight excluding hydrogens is 323 g/mol. The van der Waals surface area contributed by atoms with Crippen LogP contribution in [0.2, 0.25) is 5.28 Å². The average molecular weight is 338 g/mol. The van der Waals surface area contributed by atoms with Crippen LogP contribution in [0.25, 0.3) is 0 Å². The molecule has 1 N–H and O–H groups in total. The first kappa shape index (κ1) is 15.1. The van der Waals surface area contributed by atoms with Crippen molar-refractivity contribution in [3.8, 4) is 0 Å². The first-order valence-electron chi connectivity index (χ1n) is 5.19. The highest BCUT2D eigenvalue weighted by molar-refractivity contribution is 9.10. The molecule has 0 radical (unpaired) electrons. The first-order valence-corrected chi connectivity index (χ1v) is 6.36. The second kappa shape index (κ2) is 7.50. The minimum atomic E-state index is -0.115. The molecule has 0 unspecified atom stereocenters. The molecule has 0 saturated heterocycles. The number of rotatable bonds is 6. The van der Waals surface area contributed by atoms with E-state index in [-0.39, 0.29) is 17.7 Å². The van der Waals surface area contributed by atoms with Gasteiger partial charge in [0.1, 0.15) is 5.82 Å². The Bertz CT molecular complexity index is 419. The summed E-state index contributed by atoms with van der Waals surface area (Å²) in [4.78, 5) is 21.2. The minimum absolute atomic E-state index is 0.115. The Morgan fingerprint density at radius 3 is 3.06 bits per heavy atom. The van der Waals surface area contributed by atoms with E-state index in [0.717, 1.165) is 0 Å². The number of amides is 1. The number of likely N-dealkylation sites (N-methyl/N-ethyl adjacent to an activating group) is 1. The lowest BCUT2D eigenvalue weighted by Gasteiger charge is -2.18. The van der Waals surface area contributed by atoms with Crippen molar-refractivity contribution in [3.05, 3.63) is 16.0 Å². The number of ether oxygens (including phenoxy) is 1. The predicted molar refractivity (Wildman–Crippen MR) is 72.9 cm³/mol. The van der Waals surface area contributed by atoms with Crippen molar-refractivity contribution in [1.29, 1.82) is 0 Å². The second-order valence-electron chi connectivity index (χ2n) is 3.51. The molecule has 1 rings (SSSR count). The van der Waals surface area contributed by atoms with Gasteiger partial charge in [-0.2, -0.15) is 4.98 Å². The van der Waals surface area contributed by atoms with Gasteiger partial charge in [-0.25, -0.2) is 4.98 Å². The standard InChI is InChI=1S/C10H14BrClN4O2/c1-16(6-8(17)13-3-4-18-2)9-7(11)5-14-10(12)15-9/h5H,3-4,6H2,1-2H3,(H,13,17). The molecular formula is C10H14BrClN4O2. The van der Waals surface area contributed by atoms with Crippen LogP contribution in [0.15, 0.2) is 10.7 Å². The van der Waals surface area contributed by atoms with Gasteiger partial charge >= 0.3 is 0 Å². The van der Waals surface area contributed by atoms with Gasteiger partial charge in [0, 0.05) is 26.9 Å². The number of nitrogens with zero attached hydrogens (tertiary/aromatic N) is 3. The number of anilines is 1. The number of carbonyl (C=O) groups excluding carboxylic acids is 1. The Labute approximate surface area is 119 Å². The maximum Gasteiger partial charge on any atom is 0.239 e. The Balaban J connectivity index is 2.56. The average Bonchev–Trinajstić information content (AvgIpc) is 2.32. The molecule has 1 amide bonds. The third-order valence-corrected chi connectivity index (χ3v) is 2.81. The summed E-state index contributed by atoms with van der Waals surface area (Å²) in [6, 6.07) is 0. The molecule has 18 heavy (non-hydrogen) atoms. The summed E-state index contributed by atoms with van der Waals surface area (Å²) < 4.78 is 5.52. The van der Waals surface area contributed by atoms with Crippen molar-refractivity contribution in [1.82, 2.24) is 15.3 Å². The summed E-state index contributed by atoms with van der Waals surface area (Å²) in [6.07, 6.45) is 1.55. The van der Waals surface area contributed by atoms with Gasteiger partial charge in [-0.15, -0.1) is 0 Å². The van der Waals surface area contributed by atoms with E-state index in [1.165, 1.54) is 0 Å². The number of aromatic nitrogens is 2. The van der Waals surface area contributed by atoms with E-state index >= 15 is 0 Å². The van der Waals surface area contributed by atoms with Gasteiger partial charge in [0.15, 0.2) is 0 Å². The predicted octanol–water partition coefficient (Wildman–Crippen LogP) is 1.09. The van der Waals surface area contributed by atoms with E-state index in [2.05, 4.69) is 31.2 Å². The van der Waals surface area contributed by atoms with E-state index in [0.29, 0.717) is 23.4 Å². The molecule has 0 spiro atoms. The highest BCUT2D eigenvalue weighted by atomic mass is 79.9. The molecule has 100 valence electrons. The van der Waals surface area contributed by atoms with Gasteiger partial charge in [0.2, 0.25) is 11.2 Å². The number of halogens is 2. The molecule has 0 aromatic carbocycles. The summed E-state index contributed by atoms with van der Waals surface area (Å²) in [5.74, 6) is 0.452. The number of hydrogen-bond acceptors (Lipinski definition) is 5. The normalized spacial score (nSPS) is 10.2. The molecule has 0 aliphatic rings. The maximum absolute atomic E-state index is 11.6. The lowest BCUT2D eigenvalue weighted by molar-refractivity contribution is -0.119. The summed E-state index contributed by atoms with van der Waals surface area (Å²) in [7, 11) is 3.33. The van der Waals surface area contributed by atoms with Crippen LogP contribution in [0.1, 0.15) is 0 Å². The van der Waals surface area contributed by atoms with Crippen molar-refractivity contribution in [2.45, 2.75) is 0 Å². The van der Waals surface area contributed by atoms with Crippen molar-refractivity contribution < 1.29 is 9.53 Å². The Hall–Kier alpha value is -0.920. The topological polar surface area (TPSA) is 67.3 Å². The van der Waals surface area contributed by atoms with Gasteiger partial charge in [-0.1, -0.05) is 0 Å². The zero-order chi connectivity index (χ0) is 13.5. The SMILES string of the molecule is COCCNC(=O)CN(C)c1nc(Cl)ncc1Br. The fraction of sp³-hybridized carbons (Fsp3) is 0.500. The third-order valence-electron chi connectivity index (χ3n) is 2.07. The van der Waals surface area contributed by atoms with E-state index in [1.807, 2.05) is 0 Å². The van der Waals surface area contributed by atoms with Gasteiger partial charge < -0.3 is 15.0 Å². The maximum atomic E-state index is 11.6. The summed E-state index contributed by atoms with van der Waals surface area (Å²) in [5.41, 5.74) is 0. The zero-order valence-electron chi connectivity index (χ0n) is 10.1. The van der Waals surface area contributed by atoms with Gasteiger partial charge in [0.05, 0.1) is 17.6 Å². The van der Waals surface area contributed by atoms with Crippen molar-refractivity contribution in [2.24, 2.45) is 0 Å². The molecule has 0 bridgehead atoms. The Kier molecular flexibility index (Phi) is 6.31. The number of methoxy groups -OCH3 is 1. The minimum Gasteiger partial charge on any atom is -0.383 e. The number of nitrogens with one attached hydrogen (secondary N) is 1. The molecule has 0 atom stereocenters. The number of carbonyl (C=O) groups is 1. The fourth-order valence-electron chi connectivity index (χ4n) is 1.24. The lowest BCUT2D eigenvalue weighted by Crippen LogP contribution is -2.37. The largest absolute Gasteiger partial charge is 0.383 e. The third kappa shape index (κ3) is 4.75. The molecule has 8 heteroatoms. The fourth-order valence-corrected chi connectivity index (χ4v) is 1.87. The molecule has 0 fully saturated rings. The van der Waals surface area contributed by atoms with E-state index in [1.54, 1.807) is 25.3 Å². The van der Waals surface area contributed by atoms with Crippen LogP contribution in [0.5, 0.6) is 0 Å². The van der Waals surface area contributed by atoms with Crippen molar-refractivity contribution in [2.75, 3.05) is 38.8 Å². The van der Waals surface area contributed by atoms with E-state index in [4.69, 9.17) is 16.3 Å². The molecule has 0 aliphatic carbocycles. The van der Waals surface area contributed by atoms with Crippen molar-refractivity contribution in [3.63, 3.8) is 0 Å². The highest BCUT2D eigenvalue weighted by Crippen LogP contribution is 2.22. The van der Waals surface area contributed by atoms with Crippen LogP contribution >= 0.6 is 27.5 Å². The van der Waals surface area contributed by atoms with Crippen LogP contribution in [0.3, 0.4) is 0 Å². The number of hydrogen-bond donors (Lipinski definition) is 1. The van der Waals surface area contributed by atoms with E-state index < -0.39 is 0 Å². The van der Waals surface area contributed by atoms with Gasteiger partial charge in [-0.05, 0) is 27.5 Å². The first-order chi connectivity index (χ1) is 8.54. The summed E-state index contributed by atoms with van der Waals surface area (Å²) in [5, 5.41) is 2.86. The van der Waals surface area contributed by atoms with Crippen LogP contribution in [0, 0.1) is 0 Å². The summed E-state index contributed by atoms with van der Waals surface area (Å²) in [6.45, 7) is 1.14. The highest BCUT2D eigenvalue weighted by Gasteiger charge is 2.12. The second-order valence-corrected chi connectivity index (χ2v) is 4.70.